The molecule has 1 saturated carbocycles. The fraction of sp³-hybridized carbons (Fsp3) is 0.571. The average Bonchev–Trinajstić information content (AvgIpc) is 3.24. The Labute approximate surface area is 157 Å². The predicted molar refractivity (Wildman–Crippen MR) is 98.2 cm³/mol. The van der Waals surface area contributed by atoms with Gasteiger partial charge in [-0.2, -0.15) is 0 Å². The Morgan fingerprint density at radius 1 is 1.11 bits per heavy atom. The standard InChI is InChI=1S/C21H23N3O3/c1-18(2)14-10-19-8-5-9-24(19)17(27)20(14,23-16(19)26)11-21(18)15(25)12-6-3-4-7-13(12)22-21/h3-4,6-7,14,22H,5,8-11H2,1-2H3,(H,23,26)/t14?,19?,20?,21-/m0/s1. The van der Waals surface area contributed by atoms with E-state index >= 15 is 0 Å². The van der Waals surface area contributed by atoms with Crippen LogP contribution in [0.2, 0.25) is 0 Å². The van der Waals surface area contributed by atoms with Gasteiger partial charge in [0.1, 0.15) is 16.6 Å². The van der Waals surface area contributed by atoms with Gasteiger partial charge in [-0.15, -0.1) is 0 Å². The molecule has 2 amide bonds. The number of nitrogens with one attached hydrogen (secondary N) is 2. The number of anilines is 1. The van der Waals surface area contributed by atoms with Gasteiger partial charge in [0.25, 0.3) is 0 Å². The van der Waals surface area contributed by atoms with Crippen LogP contribution < -0.4 is 10.6 Å². The largest absolute Gasteiger partial charge is 0.371 e. The number of rotatable bonds is 0. The Bertz CT molecular complexity index is 956. The molecule has 2 N–H and O–H groups in total. The van der Waals surface area contributed by atoms with Gasteiger partial charge in [-0.3, -0.25) is 14.4 Å². The van der Waals surface area contributed by atoms with Gasteiger partial charge < -0.3 is 15.5 Å². The van der Waals surface area contributed by atoms with Crippen molar-refractivity contribution in [3.8, 4) is 0 Å². The van der Waals surface area contributed by atoms with Crippen molar-refractivity contribution < 1.29 is 14.4 Å². The number of ketones is 1. The van der Waals surface area contributed by atoms with E-state index in [0.717, 1.165) is 18.5 Å². The lowest BCUT2D eigenvalue weighted by Crippen LogP contribution is -2.81. The summed E-state index contributed by atoms with van der Waals surface area (Å²) in [7, 11) is 0. The van der Waals surface area contributed by atoms with Gasteiger partial charge >= 0.3 is 0 Å². The minimum absolute atomic E-state index is 0.0198. The number of piperidine rings is 2. The first-order chi connectivity index (χ1) is 12.8. The first-order valence-corrected chi connectivity index (χ1v) is 9.85. The molecule has 4 atom stereocenters. The molecular weight excluding hydrogens is 342 g/mol. The number of Topliss-reactive ketones (excluding diaryl/α,β-unsaturated/α-hetero) is 1. The van der Waals surface area contributed by atoms with Crippen LogP contribution in [0, 0.1) is 11.3 Å². The molecule has 6 aliphatic rings. The lowest BCUT2D eigenvalue weighted by Gasteiger charge is -2.58. The van der Waals surface area contributed by atoms with Gasteiger partial charge in [0.05, 0.1) is 0 Å². The van der Waals surface area contributed by atoms with E-state index in [0.29, 0.717) is 24.9 Å². The Morgan fingerprint density at radius 3 is 2.67 bits per heavy atom. The second-order valence-corrected chi connectivity index (χ2v) is 9.58. The van der Waals surface area contributed by atoms with Gasteiger partial charge in [0.2, 0.25) is 11.8 Å². The fourth-order valence-corrected chi connectivity index (χ4v) is 7.02. The second kappa shape index (κ2) is 4.21. The maximum absolute atomic E-state index is 13.6. The predicted octanol–water partition coefficient (Wildman–Crippen LogP) is 1.71. The molecule has 5 fully saturated rings. The molecule has 4 saturated heterocycles. The summed E-state index contributed by atoms with van der Waals surface area (Å²) in [6.45, 7) is 4.84. The summed E-state index contributed by atoms with van der Waals surface area (Å²) in [4.78, 5) is 42.0. The summed E-state index contributed by atoms with van der Waals surface area (Å²) in [5.74, 6) is -0.0108. The van der Waals surface area contributed by atoms with Gasteiger partial charge in [0, 0.05) is 35.5 Å². The molecule has 5 heterocycles. The summed E-state index contributed by atoms with van der Waals surface area (Å²) in [5, 5.41) is 6.65. The summed E-state index contributed by atoms with van der Waals surface area (Å²) in [6.07, 6.45) is 2.57. The number of fused-ring (bicyclic) bond motifs is 2. The number of para-hydroxylation sites is 1. The van der Waals surface area contributed by atoms with Crippen LogP contribution in [0.3, 0.4) is 0 Å². The lowest BCUT2D eigenvalue weighted by molar-refractivity contribution is -0.175. The van der Waals surface area contributed by atoms with E-state index in [1.165, 1.54) is 0 Å². The number of hydrogen-bond donors (Lipinski definition) is 2. The summed E-state index contributed by atoms with van der Waals surface area (Å²) >= 11 is 0. The van der Waals surface area contributed by atoms with Crippen LogP contribution in [0.5, 0.6) is 0 Å². The molecule has 6 nitrogen and oxygen atoms in total. The normalized spacial score (nSPS) is 42.8. The SMILES string of the molecule is CC1(C)C2CC34CCCN3C(=O)C2(C[C@@]12Nc1ccccc1C2=O)NC4=O. The van der Waals surface area contributed by atoms with Crippen molar-refractivity contribution in [2.45, 2.75) is 56.1 Å². The Hall–Kier alpha value is -2.37. The number of piperazine rings is 1. The number of benzene rings is 1. The summed E-state index contributed by atoms with van der Waals surface area (Å²) in [6, 6.07) is 7.56. The van der Waals surface area contributed by atoms with E-state index in [4.69, 9.17) is 0 Å². The Morgan fingerprint density at radius 2 is 1.89 bits per heavy atom. The van der Waals surface area contributed by atoms with Crippen LogP contribution in [-0.2, 0) is 9.59 Å². The molecule has 0 radical (unpaired) electrons. The van der Waals surface area contributed by atoms with Crippen molar-refractivity contribution in [1.82, 2.24) is 10.2 Å². The van der Waals surface area contributed by atoms with E-state index < -0.39 is 22.0 Å². The zero-order valence-corrected chi connectivity index (χ0v) is 15.6. The highest BCUT2D eigenvalue weighted by Crippen LogP contribution is 2.66. The monoisotopic (exact) mass is 365 g/mol. The molecule has 1 aliphatic carbocycles. The maximum atomic E-state index is 13.6. The third kappa shape index (κ3) is 1.38. The van der Waals surface area contributed by atoms with Gasteiger partial charge in [-0.05, 0) is 31.4 Å². The summed E-state index contributed by atoms with van der Waals surface area (Å²) < 4.78 is 0. The van der Waals surface area contributed by atoms with Crippen molar-refractivity contribution >= 4 is 23.3 Å². The van der Waals surface area contributed by atoms with Crippen LogP contribution in [0.4, 0.5) is 5.69 Å². The van der Waals surface area contributed by atoms with E-state index in [1.54, 1.807) is 0 Å². The van der Waals surface area contributed by atoms with Crippen molar-refractivity contribution in [2.24, 2.45) is 11.3 Å². The van der Waals surface area contributed by atoms with Gasteiger partial charge in [-0.1, -0.05) is 26.0 Å². The average molecular weight is 365 g/mol. The second-order valence-electron chi connectivity index (χ2n) is 9.58. The third-order valence-corrected chi connectivity index (χ3v) is 8.43. The fourth-order valence-electron chi connectivity index (χ4n) is 7.02. The minimum atomic E-state index is -0.975. The van der Waals surface area contributed by atoms with Crippen LogP contribution >= 0.6 is 0 Å². The highest BCUT2D eigenvalue weighted by atomic mass is 16.2. The molecule has 1 aromatic rings. The van der Waals surface area contributed by atoms with Crippen LogP contribution in [0.1, 0.15) is 49.9 Å². The van der Waals surface area contributed by atoms with Crippen molar-refractivity contribution in [3.05, 3.63) is 29.8 Å². The molecule has 3 unspecified atom stereocenters. The molecule has 7 rings (SSSR count). The molecule has 5 aliphatic heterocycles. The molecule has 0 aromatic heterocycles. The zero-order chi connectivity index (χ0) is 18.8. The van der Waals surface area contributed by atoms with Crippen LogP contribution in [0.15, 0.2) is 24.3 Å². The molecule has 27 heavy (non-hydrogen) atoms. The number of carbonyl (C=O) groups is 3. The summed E-state index contributed by atoms with van der Waals surface area (Å²) in [5.41, 5.74) is -1.49. The quantitative estimate of drug-likeness (QED) is 0.734. The molecule has 6 heteroatoms. The minimum Gasteiger partial charge on any atom is -0.371 e. The third-order valence-electron chi connectivity index (χ3n) is 8.43. The van der Waals surface area contributed by atoms with E-state index in [-0.39, 0.29) is 23.5 Å². The number of hydrogen-bond acceptors (Lipinski definition) is 4. The highest BCUT2D eigenvalue weighted by molar-refractivity contribution is 6.16. The Balaban J connectivity index is 1.55. The highest BCUT2D eigenvalue weighted by Gasteiger charge is 2.80. The molecule has 1 aromatic carbocycles. The van der Waals surface area contributed by atoms with Crippen molar-refractivity contribution in [1.29, 1.82) is 0 Å². The van der Waals surface area contributed by atoms with Crippen molar-refractivity contribution in [3.63, 3.8) is 0 Å². The van der Waals surface area contributed by atoms with Gasteiger partial charge in [-0.25, -0.2) is 0 Å². The molecule has 2 bridgehead atoms. The van der Waals surface area contributed by atoms with Crippen LogP contribution in [-0.4, -0.2) is 45.7 Å². The maximum Gasteiger partial charge on any atom is 0.249 e. The first kappa shape index (κ1) is 15.7. The van der Waals surface area contributed by atoms with Gasteiger partial charge in [0.15, 0.2) is 5.78 Å². The van der Waals surface area contributed by atoms with E-state index in [9.17, 15) is 14.4 Å². The van der Waals surface area contributed by atoms with Crippen LogP contribution in [0.25, 0.3) is 0 Å². The Kier molecular flexibility index (Phi) is 2.44. The topological polar surface area (TPSA) is 78.5 Å². The first-order valence-electron chi connectivity index (χ1n) is 9.85. The number of carbonyl (C=O) groups excluding carboxylic acids is 3. The van der Waals surface area contributed by atoms with E-state index in [1.807, 2.05) is 29.2 Å². The molecular formula is C21H23N3O3. The lowest BCUT2D eigenvalue weighted by atomic mass is 9.59. The molecule has 3 spiro atoms. The number of amides is 2. The zero-order valence-electron chi connectivity index (χ0n) is 15.6. The number of nitrogens with zero attached hydrogens (tertiary/aromatic N) is 1. The van der Waals surface area contributed by atoms with Crippen molar-refractivity contribution in [2.75, 3.05) is 11.9 Å². The smallest absolute Gasteiger partial charge is 0.249 e. The molecule has 140 valence electrons. The van der Waals surface area contributed by atoms with E-state index in [2.05, 4.69) is 24.5 Å².